The summed E-state index contributed by atoms with van der Waals surface area (Å²) in [5.41, 5.74) is 0.0507. The van der Waals surface area contributed by atoms with Crippen LogP contribution in [0.3, 0.4) is 0 Å². The predicted octanol–water partition coefficient (Wildman–Crippen LogP) is -0.870. The highest BCUT2D eigenvalue weighted by molar-refractivity contribution is 6.37. The number of nitrogens with zero attached hydrogens (tertiary/aromatic N) is 3. The van der Waals surface area contributed by atoms with E-state index in [0.29, 0.717) is 0 Å². The Balaban J connectivity index is 2.64. The molecule has 0 aliphatic carbocycles. The molecule has 1 heterocycles. The minimum Gasteiger partial charge on any atom is -0.463 e. The molecule has 0 aromatic carbocycles. The Labute approximate surface area is 85.0 Å². The molecule has 0 bridgehead atoms. The Morgan fingerprint density at radius 3 is 2.60 bits per heavy atom. The molecule has 0 spiro atoms. The zero-order chi connectivity index (χ0) is 11.4. The van der Waals surface area contributed by atoms with Crippen LogP contribution in [0.4, 0.5) is 0 Å². The standard InChI is InChI=1S/C8H9N3O4/c1-11-9-4-5(10-11)6(12)3-7(13)8(14)15-2/h4H,3H2,1-2H3. The Bertz CT molecular complexity index is 410. The van der Waals surface area contributed by atoms with Gasteiger partial charge in [0.1, 0.15) is 5.69 Å². The van der Waals surface area contributed by atoms with E-state index in [2.05, 4.69) is 14.9 Å². The van der Waals surface area contributed by atoms with Crippen LogP contribution in [-0.2, 0) is 21.4 Å². The van der Waals surface area contributed by atoms with E-state index in [0.717, 1.165) is 7.11 Å². The fourth-order valence-corrected chi connectivity index (χ4v) is 0.896. The minimum absolute atomic E-state index is 0.0507. The molecule has 1 aromatic rings. The summed E-state index contributed by atoms with van der Waals surface area (Å²) in [5.74, 6) is -2.49. The van der Waals surface area contributed by atoms with Gasteiger partial charge in [-0.15, -0.1) is 0 Å². The number of aryl methyl sites for hydroxylation is 1. The quantitative estimate of drug-likeness (QED) is 0.278. The van der Waals surface area contributed by atoms with E-state index in [1.165, 1.54) is 11.0 Å². The van der Waals surface area contributed by atoms with E-state index in [9.17, 15) is 14.4 Å². The number of ketones is 2. The third-order valence-electron chi connectivity index (χ3n) is 1.62. The number of methoxy groups -OCH3 is 1. The van der Waals surface area contributed by atoms with Crippen LogP contribution in [0.1, 0.15) is 16.9 Å². The van der Waals surface area contributed by atoms with Gasteiger partial charge in [0.15, 0.2) is 5.78 Å². The zero-order valence-electron chi connectivity index (χ0n) is 8.26. The van der Waals surface area contributed by atoms with Crippen LogP contribution in [0.5, 0.6) is 0 Å². The predicted molar refractivity (Wildman–Crippen MR) is 47.0 cm³/mol. The smallest absolute Gasteiger partial charge is 0.374 e. The molecule has 0 aliphatic rings. The van der Waals surface area contributed by atoms with E-state index in [4.69, 9.17) is 0 Å². The van der Waals surface area contributed by atoms with Gasteiger partial charge in [-0.05, 0) is 0 Å². The molecule has 1 aromatic heterocycles. The largest absolute Gasteiger partial charge is 0.463 e. The number of aromatic nitrogens is 3. The van der Waals surface area contributed by atoms with Crippen molar-refractivity contribution >= 4 is 17.5 Å². The SMILES string of the molecule is COC(=O)C(=O)CC(=O)c1cnn(C)n1. The lowest BCUT2D eigenvalue weighted by Gasteiger charge is -1.95. The fourth-order valence-electron chi connectivity index (χ4n) is 0.896. The molecule has 0 radical (unpaired) electrons. The maximum atomic E-state index is 11.3. The second-order valence-corrected chi connectivity index (χ2v) is 2.73. The molecular formula is C8H9N3O4. The topological polar surface area (TPSA) is 91.2 Å². The van der Waals surface area contributed by atoms with Crippen molar-refractivity contribution in [1.82, 2.24) is 15.0 Å². The van der Waals surface area contributed by atoms with Crippen LogP contribution in [0, 0.1) is 0 Å². The van der Waals surface area contributed by atoms with Gasteiger partial charge in [-0.1, -0.05) is 0 Å². The van der Waals surface area contributed by atoms with E-state index < -0.39 is 24.0 Å². The third kappa shape index (κ3) is 2.70. The highest BCUT2D eigenvalue weighted by Crippen LogP contribution is 1.99. The Hall–Kier alpha value is -2.05. The van der Waals surface area contributed by atoms with Crippen molar-refractivity contribution in [1.29, 1.82) is 0 Å². The van der Waals surface area contributed by atoms with Gasteiger partial charge in [0.2, 0.25) is 5.78 Å². The van der Waals surface area contributed by atoms with Crippen molar-refractivity contribution in [3.05, 3.63) is 11.9 Å². The number of ether oxygens (including phenoxy) is 1. The molecule has 0 N–H and O–H groups in total. The van der Waals surface area contributed by atoms with Crippen LogP contribution in [0.15, 0.2) is 6.20 Å². The van der Waals surface area contributed by atoms with Crippen LogP contribution in [0.2, 0.25) is 0 Å². The molecule has 7 nitrogen and oxygen atoms in total. The lowest BCUT2D eigenvalue weighted by Crippen LogP contribution is -2.19. The Morgan fingerprint density at radius 2 is 2.13 bits per heavy atom. The molecule has 1 rings (SSSR count). The van der Waals surface area contributed by atoms with E-state index in [1.54, 1.807) is 7.05 Å². The monoisotopic (exact) mass is 211 g/mol. The maximum absolute atomic E-state index is 11.3. The summed E-state index contributed by atoms with van der Waals surface area (Å²) < 4.78 is 4.17. The van der Waals surface area contributed by atoms with Crippen LogP contribution >= 0.6 is 0 Å². The Kier molecular flexibility index (Phi) is 3.27. The van der Waals surface area contributed by atoms with Crippen molar-refractivity contribution in [3.8, 4) is 0 Å². The van der Waals surface area contributed by atoms with Gasteiger partial charge in [-0.2, -0.15) is 15.0 Å². The summed E-state index contributed by atoms with van der Waals surface area (Å²) in [5, 5.41) is 7.37. The number of esters is 1. The molecular weight excluding hydrogens is 202 g/mol. The molecule has 15 heavy (non-hydrogen) atoms. The van der Waals surface area contributed by atoms with Crippen molar-refractivity contribution < 1.29 is 19.1 Å². The lowest BCUT2D eigenvalue weighted by molar-refractivity contribution is -0.151. The number of hydrogen-bond donors (Lipinski definition) is 0. The summed E-state index contributed by atoms with van der Waals surface area (Å²) in [6.45, 7) is 0. The molecule has 0 aliphatic heterocycles. The molecule has 0 saturated carbocycles. The molecule has 0 atom stereocenters. The van der Waals surface area contributed by atoms with Gasteiger partial charge in [-0.25, -0.2) is 4.79 Å². The van der Waals surface area contributed by atoms with Crippen molar-refractivity contribution in [2.75, 3.05) is 7.11 Å². The average Bonchev–Trinajstić information content (AvgIpc) is 2.63. The first-order chi connectivity index (χ1) is 7.04. The molecule has 0 fully saturated rings. The number of Topliss-reactive ketones (excluding diaryl/α,β-unsaturated/α-hetero) is 2. The van der Waals surface area contributed by atoms with Crippen molar-refractivity contribution in [2.24, 2.45) is 7.05 Å². The summed E-state index contributed by atoms with van der Waals surface area (Å²) in [7, 11) is 2.62. The fraction of sp³-hybridized carbons (Fsp3) is 0.375. The first-order valence-corrected chi connectivity index (χ1v) is 4.05. The lowest BCUT2D eigenvalue weighted by atomic mass is 10.1. The van der Waals surface area contributed by atoms with Gasteiger partial charge in [0.05, 0.1) is 19.7 Å². The number of carbonyl (C=O) groups excluding carboxylic acids is 3. The molecule has 0 unspecified atom stereocenters. The van der Waals surface area contributed by atoms with Gasteiger partial charge >= 0.3 is 5.97 Å². The second-order valence-electron chi connectivity index (χ2n) is 2.73. The number of rotatable bonds is 4. The molecule has 0 amide bonds. The maximum Gasteiger partial charge on any atom is 0.374 e. The van der Waals surface area contributed by atoms with Crippen molar-refractivity contribution in [3.63, 3.8) is 0 Å². The van der Waals surface area contributed by atoms with Crippen molar-refractivity contribution in [2.45, 2.75) is 6.42 Å². The van der Waals surface area contributed by atoms with E-state index in [-0.39, 0.29) is 5.69 Å². The summed E-state index contributed by atoms with van der Waals surface area (Å²) in [6, 6.07) is 0. The van der Waals surface area contributed by atoms with Crippen LogP contribution in [-0.4, -0.2) is 39.6 Å². The second kappa shape index (κ2) is 4.45. The highest BCUT2D eigenvalue weighted by Gasteiger charge is 2.20. The van der Waals surface area contributed by atoms with E-state index >= 15 is 0 Å². The minimum atomic E-state index is -1.03. The third-order valence-corrected chi connectivity index (χ3v) is 1.62. The first-order valence-electron chi connectivity index (χ1n) is 4.05. The summed E-state index contributed by atoms with van der Waals surface area (Å²) in [6.07, 6.45) is 0.679. The molecule has 80 valence electrons. The average molecular weight is 211 g/mol. The van der Waals surface area contributed by atoms with Gasteiger partial charge < -0.3 is 4.74 Å². The van der Waals surface area contributed by atoms with Gasteiger partial charge in [-0.3, -0.25) is 9.59 Å². The summed E-state index contributed by atoms with van der Waals surface area (Å²) >= 11 is 0. The number of hydrogen-bond acceptors (Lipinski definition) is 6. The molecule has 7 heteroatoms. The van der Waals surface area contributed by atoms with Gasteiger partial charge in [0, 0.05) is 7.05 Å². The van der Waals surface area contributed by atoms with E-state index in [1.807, 2.05) is 0 Å². The summed E-state index contributed by atoms with van der Waals surface area (Å²) in [4.78, 5) is 34.3. The normalized spacial score (nSPS) is 9.73. The zero-order valence-corrected chi connectivity index (χ0v) is 8.26. The Morgan fingerprint density at radius 1 is 1.47 bits per heavy atom. The van der Waals surface area contributed by atoms with Gasteiger partial charge in [0.25, 0.3) is 0 Å². The van der Waals surface area contributed by atoms with Crippen LogP contribution in [0.25, 0.3) is 0 Å². The first kappa shape index (κ1) is 11.0. The number of carbonyl (C=O) groups is 3. The highest BCUT2D eigenvalue weighted by atomic mass is 16.5. The molecule has 0 saturated heterocycles. The van der Waals surface area contributed by atoms with Crippen LogP contribution < -0.4 is 0 Å².